The number of amides is 1. The molecule has 0 saturated heterocycles. The molecule has 0 unspecified atom stereocenters. The smallest absolute Gasteiger partial charge is 0.342 e. The standard InChI is InChI=1S/C14H18N2O6/c1-4-7-15-13(17)9(2)22-14(18)11-8-10(16(19)20)5-6-12(11)21-3/h5-6,8-9H,4,7H2,1-3H3,(H,15,17)/t9-/m1/s1. The average Bonchev–Trinajstić information content (AvgIpc) is 2.51. The summed E-state index contributed by atoms with van der Waals surface area (Å²) < 4.78 is 10.0. The third-order valence-corrected chi connectivity index (χ3v) is 2.82. The molecule has 22 heavy (non-hydrogen) atoms. The molecule has 0 bridgehead atoms. The number of hydrogen-bond acceptors (Lipinski definition) is 6. The van der Waals surface area contributed by atoms with Gasteiger partial charge in [0.2, 0.25) is 0 Å². The fraction of sp³-hybridized carbons (Fsp3) is 0.429. The van der Waals surface area contributed by atoms with Gasteiger partial charge in [-0.05, 0) is 19.4 Å². The van der Waals surface area contributed by atoms with Crippen molar-refractivity contribution in [2.24, 2.45) is 0 Å². The maximum absolute atomic E-state index is 12.1. The van der Waals surface area contributed by atoms with Crippen molar-refractivity contribution >= 4 is 17.6 Å². The number of nitro groups is 1. The first kappa shape index (κ1) is 17.4. The molecular formula is C14H18N2O6. The number of esters is 1. The molecule has 120 valence electrons. The molecule has 0 aromatic heterocycles. The molecule has 0 fully saturated rings. The highest BCUT2D eigenvalue weighted by Crippen LogP contribution is 2.25. The van der Waals surface area contributed by atoms with E-state index in [4.69, 9.17) is 9.47 Å². The number of ether oxygens (including phenoxy) is 2. The molecule has 0 heterocycles. The van der Waals surface area contributed by atoms with E-state index in [0.717, 1.165) is 12.5 Å². The second-order valence-electron chi connectivity index (χ2n) is 4.48. The van der Waals surface area contributed by atoms with Gasteiger partial charge in [0.05, 0.1) is 12.0 Å². The van der Waals surface area contributed by atoms with Crippen molar-refractivity contribution in [3.63, 3.8) is 0 Å². The van der Waals surface area contributed by atoms with E-state index in [9.17, 15) is 19.7 Å². The van der Waals surface area contributed by atoms with Gasteiger partial charge in [0.1, 0.15) is 11.3 Å². The van der Waals surface area contributed by atoms with Crippen molar-refractivity contribution in [1.29, 1.82) is 0 Å². The number of hydrogen-bond donors (Lipinski definition) is 1. The highest BCUT2D eigenvalue weighted by atomic mass is 16.6. The van der Waals surface area contributed by atoms with E-state index >= 15 is 0 Å². The topological polar surface area (TPSA) is 108 Å². The van der Waals surface area contributed by atoms with Crippen LogP contribution in [0.5, 0.6) is 5.75 Å². The van der Waals surface area contributed by atoms with Crippen LogP contribution in [0.2, 0.25) is 0 Å². The molecule has 1 N–H and O–H groups in total. The minimum atomic E-state index is -1.01. The maximum atomic E-state index is 12.1. The number of carbonyl (C=O) groups is 2. The van der Waals surface area contributed by atoms with Crippen molar-refractivity contribution in [2.75, 3.05) is 13.7 Å². The SMILES string of the molecule is CCCNC(=O)[C@@H](C)OC(=O)c1cc([N+](=O)[O-])ccc1OC. The van der Waals surface area contributed by atoms with Crippen LogP contribution in [-0.2, 0) is 9.53 Å². The molecule has 1 rings (SSSR count). The van der Waals surface area contributed by atoms with Crippen LogP contribution in [0.25, 0.3) is 0 Å². The number of methoxy groups -OCH3 is 1. The van der Waals surface area contributed by atoms with Gasteiger partial charge in [-0.3, -0.25) is 14.9 Å². The molecule has 0 aliphatic heterocycles. The van der Waals surface area contributed by atoms with Crippen LogP contribution in [0.4, 0.5) is 5.69 Å². The van der Waals surface area contributed by atoms with Crippen LogP contribution in [0.15, 0.2) is 18.2 Å². The maximum Gasteiger partial charge on any atom is 0.342 e. The molecule has 8 heteroatoms. The van der Waals surface area contributed by atoms with Gasteiger partial charge in [0.15, 0.2) is 6.10 Å². The van der Waals surface area contributed by atoms with Gasteiger partial charge >= 0.3 is 5.97 Å². The summed E-state index contributed by atoms with van der Waals surface area (Å²) in [4.78, 5) is 33.9. The predicted octanol–water partition coefficient (Wildman–Crippen LogP) is 1.67. The summed E-state index contributed by atoms with van der Waals surface area (Å²) in [6.07, 6.45) is -0.256. The van der Waals surface area contributed by atoms with Gasteiger partial charge < -0.3 is 14.8 Å². The second-order valence-corrected chi connectivity index (χ2v) is 4.48. The number of benzene rings is 1. The lowest BCUT2D eigenvalue weighted by molar-refractivity contribution is -0.384. The summed E-state index contributed by atoms with van der Waals surface area (Å²) >= 11 is 0. The molecule has 1 aromatic rings. The van der Waals surface area contributed by atoms with Gasteiger partial charge in [-0.1, -0.05) is 6.92 Å². The van der Waals surface area contributed by atoms with E-state index in [1.54, 1.807) is 0 Å². The third-order valence-electron chi connectivity index (χ3n) is 2.82. The second kappa shape index (κ2) is 7.96. The summed E-state index contributed by atoms with van der Waals surface area (Å²) in [7, 11) is 1.33. The minimum Gasteiger partial charge on any atom is -0.496 e. The van der Waals surface area contributed by atoms with E-state index < -0.39 is 22.9 Å². The van der Waals surface area contributed by atoms with Gasteiger partial charge in [0, 0.05) is 18.7 Å². The molecular weight excluding hydrogens is 292 g/mol. The quantitative estimate of drug-likeness (QED) is 0.466. The fourth-order valence-electron chi connectivity index (χ4n) is 1.64. The van der Waals surface area contributed by atoms with Crippen LogP contribution >= 0.6 is 0 Å². The Bertz CT molecular complexity index is 572. The Morgan fingerprint density at radius 2 is 2.09 bits per heavy atom. The Labute approximate surface area is 127 Å². The predicted molar refractivity (Wildman–Crippen MR) is 77.8 cm³/mol. The summed E-state index contributed by atoms with van der Waals surface area (Å²) in [5.41, 5.74) is -0.373. The van der Waals surface area contributed by atoms with Gasteiger partial charge in [-0.15, -0.1) is 0 Å². The molecule has 1 atom stereocenters. The highest BCUT2D eigenvalue weighted by molar-refractivity contribution is 5.95. The molecule has 8 nitrogen and oxygen atoms in total. The van der Waals surface area contributed by atoms with Crippen LogP contribution in [0.3, 0.4) is 0 Å². The summed E-state index contributed by atoms with van der Waals surface area (Å²) in [5, 5.41) is 13.4. The van der Waals surface area contributed by atoms with Crippen molar-refractivity contribution in [3.05, 3.63) is 33.9 Å². The highest BCUT2D eigenvalue weighted by Gasteiger charge is 2.23. The van der Waals surface area contributed by atoms with Gasteiger partial charge in [0.25, 0.3) is 11.6 Å². The zero-order valence-corrected chi connectivity index (χ0v) is 12.6. The number of nitrogens with zero attached hydrogens (tertiary/aromatic N) is 1. The number of rotatable bonds is 7. The number of carbonyl (C=O) groups excluding carboxylic acids is 2. The molecule has 0 saturated carbocycles. The lowest BCUT2D eigenvalue weighted by Gasteiger charge is -2.14. The Hall–Kier alpha value is -2.64. The minimum absolute atomic E-state index is 0.105. The van der Waals surface area contributed by atoms with Crippen LogP contribution in [0, 0.1) is 10.1 Å². The first-order valence-corrected chi connectivity index (χ1v) is 6.71. The van der Waals surface area contributed by atoms with Crippen molar-refractivity contribution in [1.82, 2.24) is 5.32 Å². The zero-order valence-electron chi connectivity index (χ0n) is 12.6. The lowest BCUT2D eigenvalue weighted by Crippen LogP contribution is -2.36. The number of nitro benzene ring substituents is 1. The van der Waals surface area contributed by atoms with Crippen molar-refractivity contribution in [3.8, 4) is 5.75 Å². The summed E-state index contributed by atoms with van der Waals surface area (Å²) in [5.74, 6) is -1.16. The Morgan fingerprint density at radius 1 is 1.41 bits per heavy atom. The average molecular weight is 310 g/mol. The van der Waals surface area contributed by atoms with Gasteiger partial charge in [-0.25, -0.2) is 4.79 Å². The van der Waals surface area contributed by atoms with Crippen molar-refractivity contribution in [2.45, 2.75) is 26.4 Å². The van der Waals surface area contributed by atoms with E-state index in [-0.39, 0.29) is 17.0 Å². The molecule has 1 amide bonds. The number of non-ortho nitro benzene ring substituents is 1. The van der Waals surface area contributed by atoms with Crippen LogP contribution < -0.4 is 10.1 Å². The third kappa shape index (κ3) is 4.44. The largest absolute Gasteiger partial charge is 0.496 e. The fourth-order valence-corrected chi connectivity index (χ4v) is 1.64. The van der Waals surface area contributed by atoms with E-state index in [2.05, 4.69) is 5.32 Å². The molecule has 1 aromatic carbocycles. The summed E-state index contributed by atoms with van der Waals surface area (Å²) in [6, 6.07) is 3.57. The molecule has 0 spiro atoms. The first-order valence-electron chi connectivity index (χ1n) is 6.71. The number of nitrogens with one attached hydrogen (secondary N) is 1. The first-order chi connectivity index (χ1) is 10.4. The van der Waals surface area contributed by atoms with E-state index in [1.807, 2.05) is 6.92 Å². The normalized spacial score (nSPS) is 11.4. The Balaban J connectivity index is 2.90. The van der Waals surface area contributed by atoms with E-state index in [0.29, 0.717) is 6.54 Å². The van der Waals surface area contributed by atoms with Gasteiger partial charge in [-0.2, -0.15) is 0 Å². The Kier molecular flexibility index (Phi) is 6.30. The lowest BCUT2D eigenvalue weighted by atomic mass is 10.1. The zero-order chi connectivity index (χ0) is 16.7. The van der Waals surface area contributed by atoms with Crippen LogP contribution in [0.1, 0.15) is 30.6 Å². The van der Waals surface area contributed by atoms with E-state index in [1.165, 1.54) is 26.2 Å². The van der Waals surface area contributed by atoms with Crippen LogP contribution in [-0.4, -0.2) is 36.6 Å². The molecule has 0 radical (unpaired) electrons. The monoisotopic (exact) mass is 310 g/mol. The summed E-state index contributed by atoms with van der Waals surface area (Å²) in [6.45, 7) is 3.79. The molecule has 0 aliphatic rings. The Morgan fingerprint density at radius 3 is 2.64 bits per heavy atom. The molecule has 0 aliphatic carbocycles. The van der Waals surface area contributed by atoms with Crippen molar-refractivity contribution < 1.29 is 24.0 Å².